The van der Waals surface area contributed by atoms with E-state index >= 15 is 0 Å². The van der Waals surface area contributed by atoms with Crippen LogP contribution in [0.3, 0.4) is 0 Å². The molecule has 0 saturated heterocycles. The smallest absolute Gasteiger partial charge is 0.119 e. The molecule has 104 valence electrons. The van der Waals surface area contributed by atoms with Crippen LogP contribution in [0, 0.1) is 0 Å². The fourth-order valence-electron chi connectivity index (χ4n) is 1.74. The maximum absolute atomic E-state index is 9.40. The second kappa shape index (κ2) is 7.01. The first-order valence-corrected chi connectivity index (χ1v) is 7.29. The van der Waals surface area contributed by atoms with Gasteiger partial charge in [-0.3, -0.25) is 0 Å². The highest BCUT2D eigenvalue weighted by molar-refractivity contribution is 9.09. The second-order valence-corrected chi connectivity index (χ2v) is 5.02. The zero-order valence-electron chi connectivity index (χ0n) is 10.8. The molecule has 0 fully saturated rings. The van der Waals surface area contributed by atoms with E-state index in [1.165, 1.54) is 6.07 Å². The van der Waals surface area contributed by atoms with Crippen LogP contribution in [0.4, 0.5) is 0 Å². The Kier molecular flexibility index (Phi) is 5.07. The minimum atomic E-state index is 0.0446. The number of ether oxygens (including phenoxy) is 1. The van der Waals surface area contributed by atoms with E-state index < -0.39 is 0 Å². The van der Waals surface area contributed by atoms with Gasteiger partial charge in [-0.1, -0.05) is 40.2 Å². The highest BCUT2D eigenvalue weighted by Gasteiger charge is 1.96. The van der Waals surface area contributed by atoms with Crippen LogP contribution in [0.15, 0.2) is 42.5 Å². The standard InChI is InChI=1S/C16H15BrO3/c17-7-8-20-16-5-3-12(4-6-16)1-2-13-9-14(18)11-15(19)10-13/h1-6,9-11,18-19H,7-8H2/b2-1+. The van der Waals surface area contributed by atoms with E-state index in [1.807, 2.05) is 36.4 Å². The Bertz CT molecular complexity index is 571. The molecular weight excluding hydrogens is 320 g/mol. The van der Waals surface area contributed by atoms with E-state index in [0.29, 0.717) is 6.61 Å². The van der Waals surface area contributed by atoms with Crippen molar-refractivity contribution in [3.63, 3.8) is 0 Å². The number of phenolic OH excluding ortho intramolecular Hbond substituents is 2. The van der Waals surface area contributed by atoms with E-state index in [2.05, 4.69) is 15.9 Å². The van der Waals surface area contributed by atoms with Gasteiger partial charge in [-0.15, -0.1) is 0 Å². The van der Waals surface area contributed by atoms with Gasteiger partial charge in [-0.05, 0) is 35.4 Å². The molecule has 2 N–H and O–H groups in total. The molecule has 0 spiro atoms. The predicted octanol–water partition coefficient (Wildman–Crippen LogP) is 4.04. The van der Waals surface area contributed by atoms with Gasteiger partial charge in [-0.2, -0.15) is 0 Å². The average Bonchev–Trinajstić information content (AvgIpc) is 2.43. The van der Waals surface area contributed by atoms with Crippen molar-refractivity contribution in [1.82, 2.24) is 0 Å². The van der Waals surface area contributed by atoms with Gasteiger partial charge in [0.05, 0.1) is 6.61 Å². The molecule has 0 atom stereocenters. The summed E-state index contributed by atoms with van der Waals surface area (Å²) in [4.78, 5) is 0. The van der Waals surface area contributed by atoms with E-state index in [0.717, 1.165) is 22.2 Å². The van der Waals surface area contributed by atoms with Crippen molar-refractivity contribution >= 4 is 28.1 Å². The molecule has 0 radical (unpaired) electrons. The first kappa shape index (κ1) is 14.5. The Balaban J connectivity index is 2.07. The van der Waals surface area contributed by atoms with Crippen LogP contribution in [-0.4, -0.2) is 22.2 Å². The molecule has 3 nitrogen and oxygen atoms in total. The molecule has 0 aliphatic carbocycles. The number of alkyl halides is 1. The van der Waals surface area contributed by atoms with Crippen LogP contribution in [0.1, 0.15) is 11.1 Å². The van der Waals surface area contributed by atoms with Crippen LogP contribution in [0.5, 0.6) is 17.2 Å². The lowest BCUT2D eigenvalue weighted by molar-refractivity contribution is 0.345. The third-order valence-corrected chi connectivity index (χ3v) is 2.94. The van der Waals surface area contributed by atoms with Crippen molar-refractivity contribution in [3.8, 4) is 17.2 Å². The van der Waals surface area contributed by atoms with Crippen molar-refractivity contribution in [2.75, 3.05) is 11.9 Å². The maximum atomic E-state index is 9.40. The summed E-state index contributed by atoms with van der Waals surface area (Å²) in [5.74, 6) is 0.919. The van der Waals surface area contributed by atoms with E-state index in [1.54, 1.807) is 12.1 Å². The van der Waals surface area contributed by atoms with Gasteiger partial charge in [0.25, 0.3) is 0 Å². The normalized spacial score (nSPS) is 10.8. The first-order chi connectivity index (χ1) is 9.67. The fraction of sp³-hybridized carbons (Fsp3) is 0.125. The highest BCUT2D eigenvalue weighted by Crippen LogP contribution is 2.22. The summed E-state index contributed by atoms with van der Waals surface area (Å²) >= 11 is 3.31. The van der Waals surface area contributed by atoms with Crippen molar-refractivity contribution in [3.05, 3.63) is 53.6 Å². The highest BCUT2D eigenvalue weighted by atomic mass is 79.9. The summed E-state index contributed by atoms with van der Waals surface area (Å²) < 4.78 is 5.47. The van der Waals surface area contributed by atoms with Gasteiger partial charge in [0, 0.05) is 11.4 Å². The third kappa shape index (κ3) is 4.31. The Morgan fingerprint density at radius 3 is 2.10 bits per heavy atom. The molecule has 0 bridgehead atoms. The summed E-state index contributed by atoms with van der Waals surface area (Å²) in [7, 11) is 0. The Hall–Kier alpha value is -1.94. The van der Waals surface area contributed by atoms with Crippen molar-refractivity contribution in [2.24, 2.45) is 0 Å². The largest absolute Gasteiger partial charge is 0.508 e. The summed E-state index contributed by atoms with van der Waals surface area (Å²) in [6.07, 6.45) is 3.73. The summed E-state index contributed by atoms with van der Waals surface area (Å²) in [5, 5.41) is 19.6. The Morgan fingerprint density at radius 1 is 0.900 bits per heavy atom. The lowest BCUT2D eigenvalue weighted by atomic mass is 10.1. The molecule has 0 aliphatic heterocycles. The predicted molar refractivity (Wildman–Crippen MR) is 84.4 cm³/mol. The molecule has 0 unspecified atom stereocenters. The minimum Gasteiger partial charge on any atom is -0.508 e. The van der Waals surface area contributed by atoms with Crippen molar-refractivity contribution < 1.29 is 14.9 Å². The van der Waals surface area contributed by atoms with Crippen LogP contribution in [0.25, 0.3) is 12.2 Å². The Labute approximate surface area is 126 Å². The van der Waals surface area contributed by atoms with Gasteiger partial charge in [0.1, 0.15) is 17.2 Å². The average molecular weight is 335 g/mol. The SMILES string of the molecule is Oc1cc(O)cc(/C=C/c2ccc(OCCBr)cc2)c1. The zero-order chi connectivity index (χ0) is 14.4. The van der Waals surface area contributed by atoms with Crippen LogP contribution < -0.4 is 4.74 Å². The molecule has 0 saturated carbocycles. The van der Waals surface area contributed by atoms with E-state index in [4.69, 9.17) is 4.74 Å². The second-order valence-electron chi connectivity index (χ2n) is 4.22. The number of hydrogen-bond donors (Lipinski definition) is 2. The molecule has 0 amide bonds. The Morgan fingerprint density at radius 2 is 1.50 bits per heavy atom. The monoisotopic (exact) mass is 334 g/mol. The molecule has 20 heavy (non-hydrogen) atoms. The molecule has 2 aromatic rings. The molecular formula is C16H15BrO3. The van der Waals surface area contributed by atoms with Crippen LogP contribution >= 0.6 is 15.9 Å². The summed E-state index contributed by atoms with van der Waals surface area (Å²) in [6, 6.07) is 12.2. The quantitative estimate of drug-likeness (QED) is 0.640. The van der Waals surface area contributed by atoms with E-state index in [9.17, 15) is 10.2 Å². The minimum absolute atomic E-state index is 0.0446. The third-order valence-electron chi connectivity index (χ3n) is 2.62. The number of hydrogen-bond acceptors (Lipinski definition) is 3. The van der Waals surface area contributed by atoms with E-state index in [-0.39, 0.29) is 11.5 Å². The molecule has 2 rings (SSSR count). The van der Waals surface area contributed by atoms with Crippen LogP contribution in [0.2, 0.25) is 0 Å². The summed E-state index contributed by atoms with van der Waals surface area (Å²) in [6.45, 7) is 0.637. The molecule has 0 aromatic heterocycles. The number of aromatic hydroxyl groups is 2. The lowest BCUT2D eigenvalue weighted by Crippen LogP contribution is -1.97. The van der Waals surface area contributed by atoms with Gasteiger partial charge in [0.2, 0.25) is 0 Å². The number of phenols is 2. The maximum Gasteiger partial charge on any atom is 0.119 e. The summed E-state index contributed by atoms with van der Waals surface area (Å²) in [5.41, 5.74) is 1.75. The fourth-order valence-corrected chi connectivity index (χ4v) is 1.90. The number of halogens is 1. The first-order valence-electron chi connectivity index (χ1n) is 6.17. The van der Waals surface area contributed by atoms with Gasteiger partial charge in [-0.25, -0.2) is 0 Å². The molecule has 2 aromatic carbocycles. The van der Waals surface area contributed by atoms with Crippen LogP contribution in [-0.2, 0) is 0 Å². The zero-order valence-corrected chi connectivity index (χ0v) is 12.4. The molecule has 0 heterocycles. The van der Waals surface area contributed by atoms with Gasteiger partial charge < -0.3 is 14.9 Å². The van der Waals surface area contributed by atoms with Crippen molar-refractivity contribution in [2.45, 2.75) is 0 Å². The number of rotatable bonds is 5. The lowest BCUT2D eigenvalue weighted by Gasteiger charge is -2.03. The van der Waals surface area contributed by atoms with Crippen molar-refractivity contribution in [1.29, 1.82) is 0 Å². The van der Waals surface area contributed by atoms with Gasteiger partial charge in [0.15, 0.2) is 0 Å². The topological polar surface area (TPSA) is 49.7 Å². The number of benzene rings is 2. The molecule has 0 aliphatic rings. The van der Waals surface area contributed by atoms with Gasteiger partial charge >= 0.3 is 0 Å². The molecule has 4 heteroatoms.